The van der Waals surface area contributed by atoms with Crippen molar-refractivity contribution in [1.82, 2.24) is 5.32 Å². The van der Waals surface area contributed by atoms with Gasteiger partial charge in [0, 0.05) is 13.0 Å². The highest BCUT2D eigenvalue weighted by atomic mass is 35.5. The zero-order chi connectivity index (χ0) is 13.8. The summed E-state index contributed by atoms with van der Waals surface area (Å²) in [7, 11) is 1.39. The molecule has 19 heavy (non-hydrogen) atoms. The molecule has 0 bridgehead atoms. The Morgan fingerprint density at radius 2 is 2.32 bits per heavy atom. The summed E-state index contributed by atoms with van der Waals surface area (Å²) in [5.74, 6) is 0.412. The normalized spacial score (nSPS) is 22.3. The average Bonchev–Trinajstić information content (AvgIpc) is 2.88. The van der Waals surface area contributed by atoms with Gasteiger partial charge < -0.3 is 14.8 Å². The van der Waals surface area contributed by atoms with Crippen molar-refractivity contribution in [3.05, 3.63) is 28.8 Å². The topological polar surface area (TPSA) is 47.6 Å². The summed E-state index contributed by atoms with van der Waals surface area (Å²) in [5.41, 5.74) is 1.18. The van der Waals surface area contributed by atoms with Gasteiger partial charge in [0.15, 0.2) is 0 Å². The number of methoxy groups -OCH3 is 1. The minimum atomic E-state index is -0.288. The fourth-order valence-corrected chi connectivity index (χ4v) is 2.40. The minimum absolute atomic E-state index is 0.0610. The Balaban J connectivity index is 1.97. The number of esters is 1. The lowest BCUT2D eigenvalue weighted by molar-refractivity contribution is -0.142. The molecule has 0 saturated carbocycles. The van der Waals surface area contributed by atoms with Crippen molar-refractivity contribution in [2.45, 2.75) is 31.9 Å². The highest BCUT2D eigenvalue weighted by molar-refractivity contribution is 6.32. The van der Waals surface area contributed by atoms with Crippen molar-refractivity contribution in [2.75, 3.05) is 13.7 Å². The van der Waals surface area contributed by atoms with E-state index in [-0.39, 0.29) is 18.1 Å². The van der Waals surface area contributed by atoms with Crippen molar-refractivity contribution in [1.29, 1.82) is 0 Å². The number of benzene rings is 1. The molecule has 1 aliphatic heterocycles. The van der Waals surface area contributed by atoms with Crippen LogP contribution in [0, 0.1) is 0 Å². The van der Waals surface area contributed by atoms with Gasteiger partial charge in [-0.15, -0.1) is 0 Å². The number of nitrogens with one attached hydrogen (secondary N) is 1. The first-order valence-electron chi connectivity index (χ1n) is 6.40. The maximum Gasteiger partial charge on any atom is 0.323 e. The van der Waals surface area contributed by atoms with E-state index in [4.69, 9.17) is 21.1 Å². The van der Waals surface area contributed by atoms with E-state index in [2.05, 4.69) is 12.2 Å². The molecule has 0 aliphatic carbocycles. The predicted molar refractivity (Wildman–Crippen MR) is 73.7 cm³/mol. The second kappa shape index (κ2) is 6.26. The summed E-state index contributed by atoms with van der Waals surface area (Å²) in [6, 6.07) is 5.51. The van der Waals surface area contributed by atoms with E-state index in [1.807, 2.05) is 18.2 Å². The molecule has 1 fully saturated rings. The highest BCUT2D eigenvalue weighted by Gasteiger charge is 2.31. The molecule has 0 aromatic heterocycles. The summed E-state index contributed by atoms with van der Waals surface area (Å²) < 4.78 is 10.5. The summed E-state index contributed by atoms with van der Waals surface area (Å²) in [6.07, 6.45) is 1.47. The van der Waals surface area contributed by atoms with Crippen LogP contribution in [0.25, 0.3) is 0 Å². The van der Waals surface area contributed by atoms with E-state index in [9.17, 15) is 4.79 Å². The zero-order valence-electron chi connectivity index (χ0n) is 11.1. The fourth-order valence-electron chi connectivity index (χ4n) is 2.15. The second-order valence-electron chi connectivity index (χ2n) is 4.58. The van der Waals surface area contributed by atoms with E-state index in [0.717, 1.165) is 6.42 Å². The van der Waals surface area contributed by atoms with E-state index >= 15 is 0 Å². The fraction of sp³-hybridized carbons (Fsp3) is 0.500. The molecule has 0 unspecified atom stereocenters. The number of halogens is 1. The number of ether oxygens (including phenoxy) is 2. The van der Waals surface area contributed by atoms with Gasteiger partial charge in [-0.1, -0.05) is 24.6 Å². The van der Waals surface area contributed by atoms with Gasteiger partial charge in [0.2, 0.25) is 0 Å². The first-order valence-corrected chi connectivity index (χ1v) is 6.78. The number of hydrogen-bond donors (Lipinski definition) is 1. The van der Waals surface area contributed by atoms with Gasteiger partial charge in [-0.05, 0) is 24.1 Å². The molecule has 5 heteroatoms. The number of carbonyl (C=O) groups is 1. The van der Waals surface area contributed by atoms with E-state index in [1.54, 1.807) is 0 Å². The van der Waals surface area contributed by atoms with Crippen LogP contribution in [-0.2, 0) is 16.0 Å². The van der Waals surface area contributed by atoms with Crippen molar-refractivity contribution >= 4 is 17.6 Å². The third kappa shape index (κ3) is 3.39. The van der Waals surface area contributed by atoms with Crippen LogP contribution < -0.4 is 10.1 Å². The summed E-state index contributed by atoms with van der Waals surface area (Å²) >= 11 is 6.18. The Morgan fingerprint density at radius 3 is 2.95 bits per heavy atom. The van der Waals surface area contributed by atoms with E-state index in [0.29, 0.717) is 23.7 Å². The van der Waals surface area contributed by atoms with Gasteiger partial charge in [-0.3, -0.25) is 4.79 Å². The molecule has 1 N–H and O–H groups in total. The molecule has 1 aromatic rings. The summed E-state index contributed by atoms with van der Waals surface area (Å²) in [6.45, 7) is 2.69. The summed E-state index contributed by atoms with van der Waals surface area (Å²) in [5, 5.41) is 3.69. The lowest BCUT2D eigenvalue weighted by Gasteiger charge is -2.14. The minimum Gasteiger partial charge on any atom is -0.487 e. The van der Waals surface area contributed by atoms with E-state index < -0.39 is 0 Å². The van der Waals surface area contributed by atoms with Gasteiger partial charge in [0.05, 0.1) is 12.1 Å². The molecule has 1 heterocycles. The van der Waals surface area contributed by atoms with Gasteiger partial charge in [-0.25, -0.2) is 0 Å². The summed E-state index contributed by atoms with van der Waals surface area (Å²) in [4.78, 5) is 11.4. The Morgan fingerprint density at radius 1 is 1.53 bits per heavy atom. The van der Waals surface area contributed by atoms with Crippen LogP contribution in [0.1, 0.15) is 18.9 Å². The van der Waals surface area contributed by atoms with Crippen LogP contribution >= 0.6 is 11.6 Å². The molecule has 2 rings (SSSR count). The number of carbonyl (C=O) groups excluding carboxylic acids is 1. The lowest BCUT2D eigenvalue weighted by Crippen LogP contribution is -2.31. The largest absolute Gasteiger partial charge is 0.487 e. The number of hydrogen-bond acceptors (Lipinski definition) is 4. The van der Waals surface area contributed by atoms with Crippen LogP contribution in [0.3, 0.4) is 0 Å². The van der Waals surface area contributed by atoms with Gasteiger partial charge >= 0.3 is 5.97 Å². The Kier molecular flexibility index (Phi) is 4.66. The number of rotatable bonds is 4. The third-order valence-corrected chi connectivity index (χ3v) is 3.57. The van der Waals surface area contributed by atoms with E-state index in [1.165, 1.54) is 12.7 Å². The van der Waals surface area contributed by atoms with Crippen LogP contribution in [0.2, 0.25) is 5.02 Å². The second-order valence-corrected chi connectivity index (χ2v) is 4.99. The Bertz CT molecular complexity index is 464. The molecule has 1 aliphatic rings. The molecule has 1 aromatic carbocycles. The van der Waals surface area contributed by atoms with Crippen LogP contribution in [-0.4, -0.2) is 31.8 Å². The maximum atomic E-state index is 11.4. The maximum absolute atomic E-state index is 11.4. The molecule has 0 amide bonds. The monoisotopic (exact) mass is 283 g/mol. The van der Waals surface area contributed by atoms with Crippen molar-refractivity contribution in [3.63, 3.8) is 0 Å². The van der Waals surface area contributed by atoms with Gasteiger partial charge in [0.1, 0.15) is 17.9 Å². The van der Waals surface area contributed by atoms with Gasteiger partial charge in [-0.2, -0.15) is 0 Å². The predicted octanol–water partition coefficient (Wildman–Crippen LogP) is 2.18. The van der Waals surface area contributed by atoms with Crippen molar-refractivity contribution in [2.24, 2.45) is 0 Å². The first-order chi connectivity index (χ1) is 9.13. The average molecular weight is 284 g/mol. The third-order valence-electron chi connectivity index (χ3n) is 3.27. The molecule has 2 atom stereocenters. The Hall–Kier alpha value is -1.26. The van der Waals surface area contributed by atoms with Crippen LogP contribution in [0.4, 0.5) is 0 Å². The SMILES string of the molecule is CCc1ccc(O[C@@H]2CN[C@H](C(=O)OC)C2)c(Cl)c1. The lowest BCUT2D eigenvalue weighted by atomic mass is 10.1. The van der Waals surface area contributed by atoms with Crippen molar-refractivity contribution in [3.8, 4) is 5.75 Å². The molecule has 104 valence electrons. The molecule has 1 saturated heterocycles. The Labute approximate surface area is 118 Å². The first kappa shape index (κ1) is 14.2. The standard InChI is InChI=1S/C14H18ClNO3/c1-3-9-4-5-13(11(15)6-9)19-10-7-12(16-8-10)14(17)18-2/h4-6,10,12,16H,3,7-8H2,1-2H3/t10-,12-/m0/s1. The molecular formula is C14H18ClNO3. The quantitative estimate of drug-likeness (QED) is 0.861. The molecule has 0 spiro atoms. The van der Waals surface area contributed by atoms with Crippen LogP contribution in [0.15, 0.2) is 18.2 Å². The zero-order valence-corrected chi connectivity index (χ0v) is 11.9. The molecule has 0 radical (unpaired) electrons. The molecule has 4 nitrogen and oxygen atoms in total. The highest BCUT2D eigenvalue weighted by Crippen LogP contribution is 2.28. The number of aryl methyl sites for hydroxylation is 1. The molecular weight excluding hydrogens is 266 g/mol. The van der Waals surface area contributed by atoms with Crippen LogP contribution in [0.5, 0.6) is 5.75 Å². The van der Waals surface area contributed by atoms with Gasteiger partial charge in [0.25, 0.3) is 0 Å². The van der Waals surface area contributed by atoms with Crippen molar-refractivity contribution < 1.29 is 14.3 Å². The smallest absolute Gasteiger partial charge is 0.323 e.